The first-order valence-electron chi connectivity index (χ1n) is 11.2. The van der Waals surface area contributed by atoms with Gasteiger partial charge in [0.15, 0.2) is 9.84 Å². The number of benzene rings is 2. The number of amides is 1. The van der Waals surface area contributed by atoms with Crippen LogP contribution >= 0.6 is 11.6 Å². The van der Waals surface area contributed by atoms with Gasteiger partial charge in [0, 0.05) is 61.2 Å². The van der Waals surface area contributed by atoms with Gasteiger partial charge < -0.3 is 9.80 Å². The van der Waals surface area contributed by atoms with Crippen LogP contribution in [0, 0.1) is 5.82 Å². The molecule has 1 fully saturated rings. The lowest BCUT2D eigenvalue weighted by atomic mass is 10.0. The first-order valence-corrected chi connectivity index (χ1v) is 13.5. The molecule has 190 valence electrons. The topological polar surface area (TPSA) is 75.5 Å². The van der Waals surface area contributed by atoms with Crippen molar-refractivity contribution in [3.8, 4) is 5.69 Å². The first-order chi connectivity index (χ1) is 16.9. The molecular weight excluding hydrogens is 517 g/mol. The molecule has 0 atom stereocenters. The van der Waals surface area contributed by atoms with E-state index in [-0.39, 0.29) is 55.2 Å². The third kappa shape index (κ3) is 4.69. The second kappa shape index (κ2) is 8.81. The van der Waals surface area contributed by atoms with Crippen LogP contribution in [0.2, 0.25) is 5.02 Å². The van der Waals surface area contributed by atoms with Gasteiger partial charge in [0.1, 0.15) is 11.5 Å². The number of hydrogen-bond donors (Lipinski definition) is 0. The quantitative estimate of drug-likeness (QED) is 0.490. The summed E-state index contributed by atoms with van der Waals surface area (Å²) in [6.45, 7) is 0.397. The van der Waals surface area contributed by atoms with Crippen molar-refractivity contribution in [1.82, 2.24) is 14.7 Å². The molecule has 3 aromatic rings. The predicted octanol–water partition coefficient (Wildman–Crippen LogP) is 4.46. The van der Waals surface area contributed by atoms with Gasteiger partial charge in [-0.1, -0.05) is 11.6 Å². The fourth-order valence-electron chi connectivity index (χ4n) is 4.52. The summed E-state index contributed by atoms with van der Waals surface area (Å²) >= 11 is 5.98. The summed E-state index contributed by atoms with van der Waals surface area (Å²) in [6, 6.07) is 8.32. The average Bonchev–Trinajstić information content (AvgIpc) is 3.39. The molecule has 5 rings (SSSR count). The molecule has 1 aromatic heterocycles. The summed E-state index contributed by atoms with van der Waals surface area (Å²) < 4.78 is 67.4. The normalized spacial score (nSPS) is 17.4. The molecule has 0 N–H and O–H groups in total. The third-order valence-corrected chi connectivity index (χ3v) is 7.83. The van der Waals surface area contributed by atoms with Crippen molar-refractivity contribution < 1.29 is 26.4 Å². The number of carbonyl (C=O) groups excluding carboxylic acids is 1. The molecule has 1 saturated heterocycles. The number of hydrogen-bond acceptors (Lipinski definition) is 5. The van der Waals surface area contributed by atoms with Gasteiger partial charge in [0.2, 0.25) is 0 Å². The largest absolute Gasteiger partial charge is 0.370 e. The highest BCUT2D eigenvalue weighted by molar-refractivity contribution is 7.90. The van der Waals surface area contributed by atoms with Crippen LogP contribution in [0.25, 0.3) is 5.69 Å². The second-order valence-corrected chi connectivity index (χ2v) is 11.5. The zero-order valence-corrected chi connectivity index (χ0v) is 20.8. The number of alkyl halides is 2. The number of fused-ring (bicyclic) bond motifs is 1. The highest BCUT2D eigenvalue weighted by Gasteiger charge is 2.36. The number of carbonyl (C=O) groups is 1. The van der Waals surface area contributed by atoms with Crippen molar-refractivity contribution in [2.24, 2.45) is 0 Å². The molecule has 0 unspecified atom stereocenters. The lowest BCUT2D eigenvalue weighted by molar-refractivity contribution is -0.0220. The molecule has 0 saturated carbocycles. The molecule has 0 aliphatic carbocycles. The summed E-state index contributed by atoms with van der Waals surface area (Å²) in [5, 5.41) is 4.76. The molecular formula is C24H22ClF3N4O3S. The van der Waals surface area contributed by atoms with E-state index in [0.29, 0.717) is 22.0 Å². The Bertz CT molecular complexity index is 1440. The molecule has 1 amide bonds. The summed E-state index contributed by atoms with van der Waals surface area (Å²) in [5.74, 6) is -3.70. The minimum atomic E-state index is -3.61. The Morgan fingerprint density at radius 2 is 1.78 bits per heavy atom. The van der Waals surface area contributed by atoms with E-state index in [2.05, 4.69) is 5.10 Å². The van der Waals surface area contributed by atoms with Crippen molar-refractivity contribution in [2.45, 2.75) is 36.7 Å². The maximum Gasteiger partial charge on any atom is 0.256 e. The smallest absolute Gasteiger partial charge is 0.256 e. The van der Waals surface area contributed by atoms with Crippen LogP contribution in [0.1, 0.15) is 34.5 Å². The maximum absolute atomic E-state index is 14.3. The third-order valence-electron chi connectivity index (χ3n) is 6.48. The Labute approximate surface area is 211 Å². The van der Waals surface area contributed by atoms with E-state index in [1.54, 1.807) is 11.1 Å². The van der Waals surface area contributed by atoms with Crippen LogP contribution in [0.15, 0.2) is 47.5 Å². The number of rotatable bonds is 4. The van der Waals surface area contributed by atoms with E-state index in [1.807, 2.05) is 0 Å². The van der Waals surface area contributed by atoms with Crippen LogP contribution in [-0.2, 0) is 22.9 Å². The SMILES string of the molecule is CS(=O)(=O)c1ccc(N2CCC(F)(F)CC2)c(C(=O)N2Cc3cn(-c4cc(Cl)ccc4F)nc3C2)c1. The predicted molar refractivity (Wildman–Crippen MR) is 128 cm³/mol. The van der Waals surface area contributed by atoms with Gasteiger partial charge in [0.25, 0.3) is 11.8 Å². The Hall–Kier alpha value is -3.05. The van der Waals surface area contributed by atoms with Crippen molar-refractivity contribution in [3.05, 3.63) is 70.3 Å². The van der Waals surface area contributed by atoms with Crippen molar-refractivity contribution in [2.75, 3.05) is 24.2 Å². The molecule has 3 heterocycles. The second-order valence-electron chi connectivity index (χ2n) is 9.10. The van der Waals surface area contributed by atoms with E-state index in [1.165, 1.54) is 46.0 Å². The molecule has 7 nitrogen and oxygen atoms in total. The number of anilines is 1. The molecule has 12 heteroatoms. The number of halogens is 4. The Balaban J connectivity index is 1.43. The van der Waals surface area contributed by atoms with Gasteiger partial charge in [0.05, 0.1) is 22.7 Å². The molecule has 0 spiro atoms. The van der Waals surface area contributed by atoms with E-state index in [0.717, 1.165) is 6.26 Å². The molecule has 2 aromatic carbocycles. The molecule has 2 aliphatic rings. The zero-order chi connectivity index (χ0) is 25.8. The number of nitrogens with zero attached hydrogens (tertiary/aromatic N) is 4. The monoisotopic (exact) mass is 538 g/mol. The van der Waals surface area contributed by atoms with Crippen LogP contribution in [0.3, 0.4) is 0 Å². The number of sulfone groups is 1. The molecule has 2 aliphatic heterocycles. The summed E-state index contributed by atoms with van der Waals surface area (Å²) in [7, 11) is -3.61. The van der Waals surface area contributed by atoms with Gasteiger partial charge in [-0.15, -0.1) is 0 Å². The van der Waals surface area contributed by atoms with Crippen LogP contribution in [0.5, 0.6) is 0 Å². The van der Waals surface area contributed by atoms with Crippen molar-refractivity contribution in [1.29, 1.82) is 0 Å². The van der Waals surface area contributed by atoms with E-state index < -0.39 is 27.5 Å². The minimum absolute atomic E-state index is 0.0320. The van der Waals surface area contributed by atoms with E-state index in [9.17, 15) is 26.4 Å². The Morgan fingerprint density at radius 1 is 1.06 bits per heavy atom. The van der Waals surface area contributed by atoms with Gasteiger partial charge in [-0.2, -0.15) is 5.10 Å². The lowest BCUT2D eigenvalue weighted by Crippen LogP contribution is -2.40. The molecule has 36 heavy (non-hydrogen) atoms. The molecule has 0 radical (unpaired) electrons. The summed E-state index contributed by atoms with van der Waals surface area (Å²) in [5.41, 5.74) is 2.00. The van der Waals surface area contributed by atoms with Gasteiger partial charge >= 0.3 is 0 Å². The van der Waals surface area contributed by atoms with Crippen LogP contribution in [0.4, 0.5) is 18.9 Å². The van der Waals surface area contributed by atoms with Gasteiger partial charge in [-0.05, 0) is 36.4 Å². The van der Waals surface area contributed by atoms with Gasteiger partial charge in [-0.25, -0.2) is 26.3 Å². The van der Waals surface area contributed by atoms with Crippen LogP contribution < -0.4 is 4.90 Å². The van der Waals surface area contributed by atoms with E-state index >= 15 is 0 Å². The summed E-state index contributed by atoms with van der Waals surface area (Å²) in [4.78, 5) is 16.7. The first kappa shape index (κ1) is 24.6. The van der Waals surface area contributed by atoms with Crippen molar-refractivity contribution in [3.63, 3.8) is 0 Å². The summed E-state index contributed by atoms with van der Waals surface area (Å²) in [6.07, 6.45) is 1.97. The van der Waals surface area contributed by atoms with Crippen molar-refractivity contribution >= 4 is 33.0 Å². The number of aromatic nitrogens is 2. The maximum atomic E-state index is 14.3. The fraction of sp³-hybridized carbons (Fsp3) is 0.333. The Kier molecular flexibility index (Phi) is 6.03. The fourth-order valence-corrected chi connectivity index (χ4v) is 5.33. The molecule has 0 bridgehead atoms. The Morgan fingerprint density at radius 3 is 2.44 bits per heavy atom. The average molecular weight is 539 g/mol. The number of piperidine rings is 1. The van der Waals surface area contributed by atoms with Gasteiger partial charge in [-0.3, -0.25) is 4.79 Å². The highest BCUT2D eigenvalue weighted by Crippen LogP contribution is 2.35. The lowest BCUT2D eigenvalue weighted by Gasteiger charge is -2.35. The zero-order valence-electron chi connectivity index (χ0n) is 19.2. The van der Waals surface area contributed by atoms with Crippen LogP contribution in [-0.4, -0.2) is 54.3 Å². The standard InChI is InChI=1S/C24H22ClF3N4O3S/c1-36(34,35)17-3-5-21(30-8-6-24(27,28)7-9-30)18(11-17)23(33)31-12-15-13-32(29-20(15)14-31)22-10-16(25)2-4-19(22)26/h2-5,10-11,13H,6-9,12,14H2,1H3. The highest BCUT2D eigenvalue weighted by atomic mass is 35.5. The van der Waals surface area contributed by atoms with E-state index in [4.69, 9.17) is 11.6 Å². The minimum Gasteiger partial charge on any atom is -0.370 e.